The highest BCUT2D eigenvalue weighted by Gasteiger charge is 2.30. The zero-order valence-electron chi connectivity index (χ0n) is 13.4. The average molecular weight is 354 g/mol. The first-order valence-electron chi connectivity index (χ1n) is 7.81. The molecule has 1 aliphatic heterocycles. The molecule has 0 aromatic carbocycles. The number of hydrogen-bond acceptors (Lipinski definition) is 5. The second kappa shape index (κ2) is 6.76. The van der Waals surface area contributed by atoms with Crippen LogP contribution in [0.1, 0.15) is 36.4 Å². The summed E-state index contributed by atoms with van der Waals surface area (Å²) in [6, 6.07) is 7.75. The summed E-state index contributed by atoms with van der Waals surface area (Å²) >= 11 is 1.72. The molecule has 3 rings (SSSR count). The van der Waals surface area contributed by atoms with Gasteiger partial charge in [-0.25, -0.2) is 8.42 Å². The Labute approximate surface area is 141 Å². The SMILES string of the molecule is CC(c1cccs1)N(C)Cc1ccc(S(=O)(=O)N2CCCC2)o1. The average Bonchev–Trinajstić information content (AvgIpc) is 3.26. The van der Waals surface area contributed by atoms with Crippen LogP contribution in [0.4, 0.5) is 0 Å². The molecule has 3 heterocycles. The molecule has 0 amide bonds. The number of hydrogen-bond donors (Lipinski definition) is 0. The maximum atomic E-state index is 12.5. The smallest absolute Gasteiger partial charge is 0.276 e. The van der Waals surface area contributed by atoms with Crippen molar-refractivity contribution in [3.05, 3.63) is 40.3 Å². The van der Waals surface area contributed by atoms with Gasteiger partial charge in [-0.05, 0) is 50.4 Å². The van der Waals surface area contributed by atoms with E-state index < -0.39 is 10.0 Å². The maximum Gasteiger partial charge on any atom is 0.276 e. The normalized spacial score (nSPS) is 17.9. The van der Waals surface area contributed by atoms with Crippen molar-refractivity contribution in [1.29, 1.82) is 0 Å². The summed E-state index contributed by atoms with van der Waals surface area (Å²) in [7, 11) is -1.45. The Hall–Kier alpha value is -1.15. The van der Waals surface area contributed by atoms with Crippen LogP contribution >= 0.6 is 11.3 Å². The third kappa shape index (κ3) is 3.52. The highest BCUT2D eigenvalue weighted by Crippen LogP contribution is 2.27. The van der Waals surface area contributed by atoms with Gasteiger partial charge in [0.05, 0.1) is 6.54 Å². The molecule has 0 N–H and O–H groups in total. The number of nitrogens with zero attached hydrogens (tertiary/aromatic N) is 2. The maximum absolute atomic E-state index is 12.5. The van der Waals surface area contributed by atoms with E-state index in [2.05, 4.69) is 23.3 Å². The summed E-state index contributed by atoms with van der Waals surface area (Å²) in [4.78, 5) is 3.43. The molecule has 126 valence electrons. The van der Waals surface area contributed by atoms with Crippen molar-refractivity contribution >= 4 is 21.4 Å². The molecule has 0 spiro atoms. The lowest BCUT2D eigenvalue weighted by atomic mass is 10.2. The van der Waals surface area contributed by atoms with Gasteiger partial charge < -0.3 is 4.42 Å². The molecule has 7 heteroatoms. The molecule has 2 aromatic heterocycles. The van der Waals surface area contributed by atoms with Crippen LogP contribution in [-0.4, -0.2) is 37.8 Å². The zero-order chi connectivity index (χ0) is 16.4. The van der Waals surface area contributed by atoms with Gasteiger partial charge in [0.1, 0.15) is 5.76 Å². The topological polar surface area (TPSA) is 53.8 Å². The van der Waals surface area contributed by atoms with Crippen LogP contribution in [0.2, 0.25) is 0 Å². The molecular formula is C16H22N2O3S2. The van der Waals surface area contributed by atoms with Crippen LogP contribution in [0.5, 0.6) is 0 Å². The first kappa shape index (κ1) is 16.7. The van der Waals surface area contributed by atoms with E-state index in [9.17, 15) is 8.42 Å². The fraction of sp³-hybridized carbons (Fsp3) is 0.500. The molecule has 5 nitrogen and oxygen atoms in total. The lowest BCUT2D eigenvalue weighted by Gasteiger charge is -2.22. The second-order valence-corrected chi connectivity index (χ2v) is 8.79. The van der Waals surface area contributed by atoms with Gasteiger partial charge in [0.25, 0.3) is 10.0 Å². The molecule has 0 aliphatic carbocycles. The molecule has 2 aromatic rings. The zero-order valence-corrected chi connectivity index (χ0v) is 15.1. The minimum absolute atomic E-state index is 0.0616. The van der Waals surface area contributed by atoms with E-state index in [4.69, 9.17) is 4.42 Å². The molecular weight excluding hydrogens is 332 g/mol. The largest absolute Gasteiger partial charge is 0.447 e. The van der Waals surface area contributed by atoms with Crippen LogP contribution in [0.3, 0.4) is 0 Å². The van der Waals surface area contributed by atoms with Crippen molar-refractivity contribution in [3.63, 3.8) is 0 Å². The first-order valence-corrected chi connectivity index (χ1v) is 10.1. The van der Waals surface area contributed by atoms with Crippen LogP contribution in [0, 0.1) is 0 Å². The number of sulfonamides is 1. The van der Waals surface area contributed by atoms with E-state index in [0.717, 1.165) is 12.8 Å². The summed E-state index contributed by atoms with van der Waals surface area (Å²) in [6.45, 7) is 3.90. The van der Waals surface area contributed by atoms with Gasteiger partial charge in [-0.1, -0.05) is 6.07 Å². The predicted molar refractivity (Wildman–Crippen MR) is 90.9 cm³/mol. The summed E-state index contributed by atoms with van der Waals surface area (Å²) in [5.74, 6) is 0.675. The lowest BCUT2D eigenvalue weighted by molar-refractivity contribution is 0.227. The molecule has 0 radical (unpaired) electrons. The van der Waals surface area contributed by atoms with Crippen molar-refractivity contribution in [2.75, 3.05) is 20.1 Å². The van der Waals surface area contributed by atoms with Gasteiger partial charge in [0.2, 0.25) is 5.09 Å². The Morgan fingerprint density at radius 1 is 1.30 bits per heavy atom. The third-order valence-electron chi connectivity index (χ3n) is 4.32. The van der Waals surface area contributed by atoms with Gasteiger partial charge in [0, 0.05) is 24.0 Å². The summed E-state index contributed by atoms with van der Waals surface area (Å²) in [6.07, 6.45) is 1.85. The molecule has 0 saturated carbocycles. The first-order chi connectivity index (χ1) is 11.0. The van der Waals surface area contributed by atoms with Crippen molar-refractivity contribution < 1.29 is 12.8 Å². The van der Waals surface area contributed by atoms with E-state index >= 15 is 0 Å². The number of furan rings is 1. The summed E-state index contributed by atoms with van der Waals surface area (Å²) < 4.78 is 32.1. The van der Waals surface area contributed by atoms with E-state index in [-0.39, 0.29) is 11.1 Å². The Morgan fingerprint density at radius 2 is 2.04 bits per heavy atom. The van der Waals surface area contributed by atoms with Crippen molar-refractivity contribution in [3.8, 4) is 0 Å². The van der Waals surface area contributed by atoms with Crippen LogP contribution < -0.4 is 0 Å². The second-order valence-electron chi connectivity index (χ2n) is 5.94. The Kier molecular flexibility index (Phi) is 4.91. The van der Waals surface area contributed by atoms with E-state index in [1.165, 1.54) is 9.18 Å². The summed E-state index contributed by atoms with van der Waals surface area (Å²) in [5.41, 5.74) is 0. The molecule has 23 heavy (non-hydrogen) atoms. The standard InChI is InChI=1S/C16H22N2O3S2/c1-13(15-6-5-11-22-15)17(2)12-14-7-8-16(21-14)23(19,20)18-9-3-4-10-18/h5-8,11,13H,3-4,9-10,12H2,1-2H3. The fourth-order valence-corrected chi connectivity index (χ4v) is 5.06. The van der Waals surface area contributed by atoms with Crippen molar-refractivity contribution in [2.45, 2.75) is 37.4 Å². The third-order valence-corrected chi connectivity index (χ3v) is 7.13. The van der Waals surface area contributed by atoms with Gasteiger partial charge >= 0.3 is 0 Å². The minimum Gasteiger partial charge on any atom is -0.447 e. The van der Waals surface area contributed by atoms with Crippen LogP contribution in [0.25, 0.3) is 0 Å². The predicted octanol–water partition coefficient (Wildman–Crippen LogP) is 3.32. The molecule has 1 atom stereocenters. The van der Waals surface area contributed by atoms with Gasteiger partial charge in [-0.15, -0.1) is 11.3 Å². The van der Waals surface area contributed by atoms with Crippen LogP contribution in [-0.2, 0) is 16.6 Å². The van der Waals surface area contributed by atoms with Gasteiger partial charge in [0.15, 0.2) is 0 Å². The fourth-order valence-electron chi connectivity index (χ4n) is 2.77. The molecule has 1 unspecified atom stereocenters. The lowest BCUT2D eigenvalue weighted by Crippen LogP contribution is -2.27. The summed E-state index contributed by atoms with van der Waals surface area (Å²) in [5, 5.41) is 2.12. The monoisotopic (exact) mass is 354 g/mol. The van der Waals surface area contributed by atoms with Gasteiger partial charge in [-0.3, -0.25) is 4.90 Å². The molecule has 1 saturated heterocycles. The van der Waals surface area contributed by atoms with Gasteiger partial charge in [-0.2, -0.15) is 4.31 Å². The molecule has 1 fully saturated rings. The molecule has 0 bridgehead atoms. The Morgan fingerprint density at radius 3 is 2.70 bits per heavy atom. The van der Waals surface area contributed by atoms with E-state index in [0.29, 0.717) is 25.4 Å². The van der Waals surface area contributed by atoms with Crippen molar-refractivity contribution in [1.82, 2.24) is 9.21 Å². The van der Waals surface area contributed by atoms with E-state index in [1.54, 1.807) is 23.5 Å². The highest BCUT2D eigenvalue weighted by molar-refractivity contribution is 7.89. The van der Waals surface area contributed by atoms with Crippen LogP contribution in [0.15, 0.2) is 39.2 Å². The van der Waals surface area contributed by atoms with Crippen molar-refractivity contribution in [2.24, 2.45) is 0 Å². The molecule has 1 aliphatic rings. The Balaban J connectivity index is 1.69. The quantitative estimate of drug-likeness (QED) is 0.798. The highest BCUT2D eigenvalue weighted by atomic mass is 32.2. The Bertz CT molecular complexity index is 731. The number of thiophene rings is 1. The van der Waals surface area contributed by atoms with E-state index in [1.807, 2.05) is 13.1 Å². The minimum atomic E-state index is -3.47. The number of rotatable bonds is 6.